The SMILES string of the molecule is CCN(CC(F)(F)F)C(=O)C(C)CCN. The van der Waals surface area contributed by atoms with Gasteiger partial charge in [0.05, 0.1) is 0 Å². The van der Waals surface area contributed by atoms with E-state index in [1.54, 1.807) is 6.92 Å². The highest BCUT2D eigenvalue weighted by Gasteiger charge is 2.33. The lowest BCUT2D eigenvalue weighted by molar-refractivity contribution is -0.163. The Morgan fingerprint density at radius 2 is 2.00 bits per heavy atom. The van der Waals surface area contributed by atoms with Crippen molar-refractivity contribution in [1.82, 2.24) is 4.90 Å². The molecule has 6 heteroatoms. The van der Waals surface area contributed by atoms with Crippen LogP contribution >= 0.6 is 0 Å². The second-order valence-electron chi connectivity index (χ2n) is 3.45. The summed E-state index contributed by atoms with van der Waals surface area (Å²) in [6.07, 6.45) is -3.93. The summed E-state index contributed by atoms with van der Waals surface area (Å²) < 4.78 is 36.3. The molecule has 0 aromatic heterocycles. The largest absolute Gasteiger partial charge is 0.406 e. The van der Waals surface area contributed by atoms with Gasteiger partial charge in [-0.25, -0.2) is 0 Å². The second-order valence-corrected chi connectivity index (χ2v) is 3.45. The van der Waals surface area contributed by atoms with E-state index in [2.05, 4.69) is 0 Å². The third kappa shape index (κ3) is 5.61. The lowest BCUT2D eigenvalue weighted by atomic mass is 10.1. The van der Waals surface area contributed by atoms with Crippen LogP contribution in [0.5, 0.6) is 0 Å². The third-order valence-electron chi connectivity index (χ3n) is 2.08. The minimum Gasteiger partial charge on any atom is -0.334 e. The van der Waals surface area contributed by atoms with Crippen LogP contribution in [0, 0.1) is 5.92 Å². The molecule has 0 saturated carbocycles. The van der Waals surface area contributed by atoms with E-state index in [4.69, 9.17) is 5.73 Å². The van der Waals surface area contributed by atoms with Crippen molar-refractivity contribution >= 4 is 5.91 Å². The highest BCUT2D eigenvalue weighted by Crippen LogP contribution is 2.18. The molecule has 0 saturated heterocycles. The number of nitrogens with two attached hydrogens (primary N) is 1. The minimum atomic E-state index is -4.34. The Hall–Kier alpha value is -0.780. The number of hydrogen-bond acceptors (Lipinski definition) is 2. The molecule has 1 unspecified atom stereocenters. The Balaban J connectivity index is 4.34. The topological polar surface area (TPSA) is 46.3 Å². The first-order valence-electron chi connectivity index (χ1n) is 4.87. The van der Waals surface area contributed by atoms with Crippen molar-refractivity contribution in [2.24, 2.45) is 11.7 Å². The molecule has 0 aromatic rings. The fourth-order valence-corrected chi connectivity index (χ4v) is 1.25. The van der Waals surface area contributed by atoms with Gasteiger partial charge in [0.1, 0.15) is 6.54 Å². The zero-order valence-electron chi connectivity index (χ0n) is 8.97. The Morgan fingerprint density at radius 1 is 1.47 bits per heavy atom. The van der Waals surface area contributed by atoms with Crippen LogP contribution < -0.4 is 5.73 Å². The van der Waals surface area contributed by atoms with Crippen LogP contribution in [0.3, 0.4) is 0 Å². The molecule has 0 aliphatic heterocycles. The minimum absolute atomic E-state index is 0.0628. The Bertz CT molecular complexity index is 206. The van der Waals surface area contributed by atoms with E-state index in [0.717, 1.165) is 4.90 Å². The standard InChI is InChI=1S/C9H17F3N2O/c1-3-14(6-9(10,11)12)8(15)7(2)4-5-13/h7H,3-6,13H2,1-2H3. The van der Waals surface area contributed by atoms with Crippen LogP contribution in [0.15, 0.2) is 0 Å². The molecule has 1 amide bonds. The molecule has 3 nitrogen and oxygen atoms in total. The van der Waals surface area contributed by atoms with E-state index in [9.17, 15) is 18.0 Å². The van der Waals surface area contributed by atoms with Crippen LogP contribution in [-0.2, 0) is 4.79 Å². The number of alkyl halides is 3. The van der Waals surface area contributed by atoms with Crippen molar-refractivity contribution in [2.75, 3.05) is 19.6 Å². The Morgan fingerprint density at radius 3 is 2.33 bits per heavy atom. The fourth-order valence-electron chi connectivity index (χ4n) is 1.25. The molecule has 0 heterocycles. The molecule has 0 aliphatic carbocycles. The summed E-state index contributed by atoms with van der Waals surface area (Å²) in [5.74, 6) is -0.933. The van der Waals surface area contributed by atoms with Gasteiger partial charge in [0.2, 0.25) is 5.91 Å². The first kappa shape index (κ1) is 14.2. The van der Waals surface area contributed by atoms with Crippen LogP contribution in [0.1, 0.15) is 20.3 Å². The van der Waals surface area contributed by atoms with E-state index in [0.29, 0.717) is 13.0 Å². The number of rotatable bonds is 5. The average molecular weight is 226 g/mol. The first-order chi connectivity index (χ1) is 6.81. The third-order valence-corrected chi connectivity index (χ3v) is 2.08. The van der Waals surface area contributed by atoms with Gasteiger partial charge in [-0.2, -0.15) is 13.2 Å². The zero-order valence-corrected chi connectivity index (χ0v) is 8.97. The summed E-state index contributed by atoms with van der Waals surface area (Å²) in [4.78, 5) is 12.3. The van der Waals surface area contributed by atoms with Gasteiger partial charge in [-0.3, -0.25) is 4.79 Å². The maximum atomic E-state index is 12.1. The molecule has 2 N–H and O–H groups in total. The lowest BCUT2D eigenvalue weighted by Gasteiger charge is -2.25. The lowest BCUT2D eigenvalue weighted by Crippen LogP contribution is -2.41. The van der Waals surface area contributed by atoms with E-state index in [1.807, 2.05) is 0 Å². The van der Waals surface area contributed by atoms with Gasteiger partial charge in [0, 0.05) is 12.5 Å². The van der Waals surface area contributed by atoms with Gasteiger partial charge >= 0.3 is 6.18 Å². The molecule has 0 spiro atoms. The summed E-state index contributed by atoms with van der Waals surface area (Å²) in [5.41, 5.74) is 5.24. The molecular formula is C9H17F3N2O. The van der Waals surface area contributed by atoms with E-state index in [1.165, 1.54) is 6.92 Å². The smallest absolute Gasteiger partial charge is 0.334 e. The van der Waals surface area contributed by atoms with E-state index in [-0.39, 0.29) is 6.54 Å². The van der Waals surface area contributed by atoms with E-state index < -0.39 is 24.5 Å². The number of nitrogens with zero attached hydrogens (tertiary/aromatic N) is 1. The Labute approximate surface area is 87.4 Å². The van der Waals surface area contributed by atoms with Crippen LogP contribution in [0.25, 0.3) is 0 Å². The van der Waals surface area contributed by atoms with Crippen molar-refractivity contribution in [2.45, 2.75) is 26.4 Å². The molecule has 1 atom stereocenters. The average Bonchev–Trinajstić information content (AvgIpc) is 2.12. The highest BCUT2D eigenvalue weighted by molar-refractivity contribution is 5.78. The number of carbonyl (C=O) groups is 1. The number of carbonyl (C=O) groups excluding carboxylic acids is 1. The van der Waals surface area contributed by atoms with Crippen molar-refractivity contribution in [1.29, 1.82) is 0 Å². The molecule has 0 aromatic carbocycles. The van der Waals surface area contributed by atoms with Crippen LogP contribution in [0.2, 0.25) is 0 Å². The van der Waals surface area contributed by atoms with Crippen molar-refractivity contribution in [3.05, 3.63) is 0 Å². The Kier molecular flexibility index (Phi) is 5.64. The monoisotopic (exact) mass is 226 g/mol. The molecule has 15 heavy (non-hydrogen) atoms. The first-order valence-corrected chi connectivity index (χ1v) is 4.87. The number of hydrogen-bond donors (Lipinski definition) is 1. The summed E-state index contributed by atoms with van der Waals surface area (Å²) in [5, 5.41) is 0. The maximum Gasteiger partial charge on any atom is 0.406 e. The van der Waals surface area contributed by atoms with Crippen molar-refractivity contribution in [3.63, 3.8) is 0 Å². The van der Waals surface area contributed by atoms with E-state index >= 15 is 0 Å². The molecule has 0 rings (SSSR count). The van der Waals surface area contributed by atoms with Crippen LogP contribution in [0.4, 0.5) is 13.2 Å². The molecule has 0 fully saturated rings. The number of amides is 1. The van der Waals surface area contributed by atoms with Crippen LogP contribution in [-0.4, -0.2) is 36.6 Å². The quantitative estimate of drug-likeness (QED) is 0.769. The molecule has 0 aliphatic rings. The van der Waals surface area contributed by atoms with Gasteiger partial charge < -0.3 is 10.6 Å². The maximum absolute atomic E-state index is 12.1. The predicted molar refractivity (Wildman–Crippen MR) is 51.1 cm³/mol. The zero-order chi connectivity index (χ0) is 12.1. The predicted octanol–water partition coefficient (Wildman–Crippen LogP) is 1.38. The second kappa shape index (κ2) is 5.95. The summed E-state index contributed by atoms with van der Waals surface area (Å²) >= 11 is 0. The van der Waals surface area contributed by atoms with Gasteiger partial charge in [0.25, 0.3) is 0 Å². The van der Waals surface area contributed by atoms with Crippen molar-refractivity contribution in [3.8, 4) is 0 Å². The summed E-state index contributed by atoms with van der Waals surface area (Å²) in [7, 11) is 0. The van der Waals surface area contributed by atoms with Gasteiger partial charge in [-0.15, -0.1) is 0 Å². The number of halogens is 3. The summed E-state index contributed by atoms with van der Waals surface area (Å²) in [6.45, 7) is 2.30. The highest BCUT2D eigenvalue weighted by atomic mass is 19.4. The molecule has 90 valence electrons. The van der Waals surface area contributed by atoms with Gasteiger partial charge in [0.15, 0.2) is 0 Å². The summed E-state index contributed by atoms with van der Waals surface area (Å²) in [6, 6.07) is 0. The fraction of sp³-hybridized carbons (Fsp3) is 0.889. The normalized spacial score (nSPS) is 13.7. The van der Waals surface area contributed by atoms with Crippen molar-refractivity contribution < 1.29 is 18.0 Å². The van der Waals surface area contributed by atoms with Gasteiger partial charge in [-0.05, 0) is 19.9 Å². The molecule has 0 bridgehead atoms. The molecular weight excluding hydrogens is 209 g/mol. The molecule has 0 radical (unpaired) electrons. The van der Waals surface area contributed by atoms with Gasteiger partial charge in [-0.1, -0.05) is 6.92 Å².